The fourth-order valence-corrected chi connectivity index (χ4v) is 4.36. The normalized spacial score (nSPS) is 14.5. The van der Waals surface area contributed by atoms with Crippen LogP contribution in [0.25, 0.3) is 6.08 Å². The molecule has 190 valence electrons. The maximum absolute atomic E-state index is 13.1. The maximum atomic E-state index is 13.1. The highest BCUT2D eigenvalue weighted by Crippen LogP contribution is 2.30. The fraction of sp³-hybridized carbons (Fsp3) is 0.179. The number of aryl methyl sites for hydroxylation is 1. The molecule has 8 nitrogen and oxygen atoms in total. The lowest BCUT2D eigenvalue weighted by Crippen LogP contribution is -2.54. The number of benzene rings is 3. The van der Waals surface area contributed by atoms with Crippen molar-refractivity contribution in [1.82, 2.24) is 5.32 Å². The summed E-state index contributed by atoms with van der Waals surface area (Å²) < 4.78 is 16.5. The summed E-state index contributed by atoms with van der Waals surface area (Å²) in [4.78, 5) is 40.1. The van der Waals surface area contributed by atoms with Crippen molar-refractivity contribution in [2.75, 3.05) is 31.5 Å². The summed E-state index contributed by atoms with van der Waals surface area (Å²) in [5, 5.41) is 2.22. The van der Waals surface area contributed by atoms with E-state index in [0.29, 0.717) is 35.1 Å². The molecule has 3 aromatic carbocycles. The Balaban J connectivity index is 1.47. The van der Waals surface area contributed by atoms with E-state index in [-0.39, 0.29) is 5.57 Å². The molecule has 1 aliphatic rings. The molecule has 37 heavy (non-hydrogen) atoms. The van der Waals surface area contributed by atoms with Crippen molar-refractivity contribution in [3.8, 4) is 17.2 Å². The molecule has 1 saturated heterocycles. The van der Waals surface area contributed by atoms with Crippen molar-refractivity contribution >= 4 is 41.4 Å². The van der Waals surface area contributed by atoms with Crippen LogP contribution in [0.1, 0.15) is 11.1 Å². The maximum Gasteiger partial charge on any atom is 0.335 e. The molecule has 0 unspecified atom stereocenters. The van der Waals surface area contributed by atoms with Crippen LogP contribution in [0.4, 0.5) is 10.5 Å². The second-order valence-corrected chi connectivity index (χ2v) is 9.24. The number of barbiturate groups is 1. The van der Waals surface area contributed by atoms with Crippen LogP contribution >= 0.6 is 11.8 Å². The minimum absolute atomic E-state index is 0.180. The van der Waals surface area contributed by atoms with Crippen LogP contribution in [0.5, 0.6) is 17.2 Å². The molecule has 9 heteroatoms. The Morgan fingerprint density at radius 1 is 0.892 bits per heavy atom. The average molecular weight is 519 g/mol. The first kappa shape index (κ1) is 25.8. The number of ether oxygens (including phenoxy) is 3. The molecule has 0 aliphatic carbocycles. The molecule has 4 amide bonds. The second-order valence-electron chi connectivity index (χ2n) is 8.08. The molecule has 0 atom stereocenters. The molecule has 0 aromatic heterocycles. The zero-order valence-corrected chi connectivity index (χ0v) is 21.5. The van der Waals surface area contributed by atoms with Gasteiger partial charge < -0.3 is 14.2 Å². The number of nitrogens with zero attached hydrogens (tertiary/aromatic N) is 1. The number of urea groups is 1. The van der Waals surface area contributed by atoms with Gasteiger partial charge >= 0.3 is 6.03 Å². The number of anilines is 1. The SMILES string of the molecule is COc1ccc(N2C(=O)NC(=O)/C(=C\c3ccc(OCCSc4ccc(C)cc4)c(OC)c3)C2=O)cc1. The van der Waals surface area contributed by atoms with E-state index < -0.39 is 17.8 Å². The van der Waals surface area contributed by atoms with Crippen LogP contribution in [0.2, 0.25) is 0 Å². The number of rotatable bonds is 9. The van der Waals surface area contributed by atoms with Crippen LogP contribution in [-0.4, -0.2) is 44.4 Å². The van der Waals surface area contributed by atoms with Gasteiger partial charge in [0.1, 0.15) is 11.3 Å². The highest BCUT2D eigenvalue weighted by atomic mass is 32.2. The molecule has 4 rings (SSSR count). The first-order valence-corrected chi connectivity index (χ1v) is 12.4. The van der Waals surface area contributed by atoms with Crippen molar-refractivity contribution in [1.29, 1.82) is 0 Å². The quantitative estimate of drug-likeness (QED) is 0.187. The molecular weight excluding hydrogens is 492 g/mol. The molecule has 3 aromatic rings. The Morgan fingerprint density at radius 2 is 1.62 bits per heavy atom. The highest BCUT2D eigenvalue weighted by molar-refractivity contribution is 7.99. The summed E-state index contributed by atoms with van der Waals surface area (Å²) in [6, 6.07) is 19.0. The third-order valence-electron chi connectivity index (χ3n) is 5.56. The lowest BCUT2D eigenvalue weighted by Gasteiger charge is -2.26. The van der Waals surface area contributed by atoms with Crippen LogP contribution in [0.3, 0.4) is 0 Å². The summed E-state index contributed by atoms with van der Waals surface area (Å²) in [7, 11) is 3.03. The number of methoxy groups -OCH3 is 2. The van der Waals surface area contributed by atoms with Crippen LogP contribution < -0.4 is 24.4 Å². The van der Waals surface area contributed by atoms with E-state index >= 15 is 0 Å². The van der Waals surface area contributed by atoms with Gasteiger partial charge in [-0.15, -0.1) is 11.8 Å². The number of carbonyl (C=O) groups excluding carboxylic acids is 3. The van der Waals surface area contributed by atoms with Crippen LogP contribution in [0, 0.1) is 6.92 Å². The molecule has 1 heterocycles. The summed E-state index contributed by atoms with van der Waals surface area (Å²) in [6.07, 6.45) is 1.42. The summed E-state index contributed by atoms with van der Waals surface area (Å²) in [5.74, 6) is 0.828. The van der Waals surface area contributed by atoms with Gasteiger partial charge in [0.25, 0.3) is 11.8 Å². The van der Waals surface area contributed by atoms with E-state index in [2.05, 4.69) is 36.5 Å². The van der Waals surface area contributed by atoms with Gasteiger partial charge in [-0.3, -0.25) is 14.9 Å². The number of nitrogens with one attached hydrogen (secondary N) is 1. The summed E-state index contributed by atoms with van der Waals surface area (Å²) >= 11 is 1.69. The topological polar surface area (TPSA) is 94.2 Å². The van der Waals surface area contributed by atoms with Crippen LogP contribution in [0.15, 0.2) is 77.2 Å². The summed E-state index contributed by atoms with van der Waals surface area (Å²) in [6.45, 7) is 2.52. The van der Waals surface area contributed by atoms with Gasteiger partial charge in [-0.05, 0) is 67.1 Å². The minimum Gasteiger partial charge on any atom is -0.497 e. The number of carbonyl (C=O) groups is 3. The monoisotopic (exact) mass is 518 g/mol. The van der Waals surface area contributed by atoms with Crippen LogP contribution in [-0.2, 0) is 9.59 Å². The molecule has 0 radical (unpaired) electrons. The predicted octanol–water partition coefficient (Wildman–Crippen LogP) is 4.85. The Kier molecular flexibility index (Phi) is 8.15. The minimum atomic E-state index is -0.817. The third kappa shape index (κ3) is 6.13. The molecule has 1 aliphatic heterocycles. The average Bonchev–Trinajstić information content (AvgIpc) is 2.90. The number of imide groups is 2. The van der Waals surface area contributed by atoms with Gasteiger partial charge in [0.15, 0.2) is 11.5 Å². The molecule has 0 bridgehead atoms. The molecule has 0 saturated carbocycles. The van der Waals surface area contributed by atoms with E-state index in [9.17, 15) is 14.4 Å². The van der Waals surface area contributed by atoms with Crippen molar-refractivity contribution in [2.24, 2.45) is 0 Å². The molecular formula is C28H26N2O6S. The van der Waals surface area contributed by atoms with E-state index in [0.717, 1.165) is 10.7 Å². The molecule has 0 spiro atoms. The summed E-state index contributed by atoms with van der Waals surface area (Å²) in [5.41, 5.74) is 1.89. The molecule has 1 fully saturated rings. The first-order chi connectivity index (χ1) is 17.9. The highest BCUT2D eigenvalue weighted by Gasteiger charge is 2.36. The Hall–Kier alpha value is -4.24. The zero-order valence-electron chi connectivity index (χ0n) is 20.6. The third-order valence-corrected chi connectivity index (χ3v) is 6.54. The molecule has 1 N–H and O–H groups in total. The van der Waals surface area contributed by atoms with E-state index in [1.165, 1.54) is 30.8 Å². The number of amides is 4. The Labute approximate surface area is 219 Å². The van der Waals surface area contributed by atoms with Gasteiger partial charge in [-0.25, -0.2) is 9.69 Å². The van der Waals surface area contributed by atoms with Crippen molar-refractivity contribution in [3.63, 3.8) is 0 Å². The largest absolute Gasteiger partial charge is 0.497 e. The fourth-order valence-electron chi connectivity index (χ4n) is 3.63. The van der Waals surface area contributed by atoms with Crippen molar-refractivity contribution in [3.05, 3.63) is 83.4 Å². The van der Waals surface area contributed by atoms with Gasteiger partial charge in [0, 0.05) is 10.6 Å². The van der Waals surface area contributed by atoms with Gasteiger partial charge in [-0.2, -0.15) is 0 Å². The van der Waals surface area contributed by atoms with Gasteiger partial charge in [0.05, 0.1) is 26.5 Å². The van der Waals surface area contributed by atoms with Crippen molar-refractivity contribution < 1.29 is 28.6 Å². The number of thioether (sulfide) groups is 1. The lowest BCUT2D eigenvalue weighted by molar-refractivity contribution is -0.122. The standard InChI is InChI=1S/C28H26N2O6S/c1-18-4-11-22(12-5-18)37-15-14-36-24-13-6-19(17-25(24)35-3)16-23-26(31)29-28(33)30(27(23)32)20-7-9-21(34-2)10-8-20/h4-13,16-17H,14-15H2,1-3H3,(H,29,31,33)/b23-16+. The first-order valence-electron chi connectivity index (χ1n) is 11.5. The van der Waals surface area contributed by atoms with Gasteiger partial charge in [0.2, 0.25) is 0 Å². The Bertz CT molecular complexity index is 1340. The van der Waals surface area contributed by atoms with E-state index in [1.54, 1.807) is 54.2 Å². The smallest absolute Gasteiger partial charge is 0.335 e. The number of hydrogen-bond donors (Lipinski definition) is 1. The van der Waals surface area contributed by atoms with Gasteiger partial charge in [-0.1, -0.05) is 23.8 Å². The number of hydrogen-bond acceptors (Lipinski definition) is 7. The van der Waals surface area contributed by atoms with Crippen molar-refractivity contribution in [2.45, 2.75) is 11.8 Å². The van der Waals surface area contributed by atoms with E-state index in [4.69, 9.17) is 14.2 Å². The zero-order chi connectivity index (χ0) is 26.4. The second kappa shape index (κ2) is 11.7. The Morgan fingerprint density at radius 3 is 2.30 bits per heavy atom. The lowest BCUT2D eigenvalue weighted by atomic mass is 10.1. The predicted molar refractivity (Wildman–Crippen MR) is 142 cm³/mol. The van der Waals surface area contributed by atoms with E-state index in [1.807, 2.05) is 0 Å².